The standard InChI is InChI=1S/C17H21BrN2O/c1-5-8-15(6-2)12-20-13-19-11-17(20)21-16(7-3)10-9-14(4)18/h5-11,13H,3,12H2,1-2,4H3/b8-5-,14-9+,15-6+,16-10+. The van der Waals surface area contributed by atoms with Gasteiger partial charge >= 0.3 is 0 Å². The molecule has 0 unspecified atom stereocenters. The molecule has 1 rings (SSSR count). The lowest BCUT2D eigenvalue weighted by atomic mass is 10.2. The van der Waals surface area contributed by atoms with E-state index in [9.17, 15) is 0 Å². The summed E-state index contributed by atoms with van der Waals surface area (Å²) in [5.41, 5.74) is 1.20. The van der Waals surface area contributed by atoms with Gasteiger partial charge in [-0.15, -0.1) is 0 Å². The maximum Gasteiger partial charge on any atom is 0.219 e. The Kier molecular flexibility index (Phi) is 7.54. The van der Waals surface area contributed by atoms with Crippen LogP contribution in [0.3, 0.4) is 0 Å². The Morgan fingerprint density at radius 3 is 2.76 bits per heavy atom. The van der Waals surface area contributed by atoms with Crippen LogP contribution in [0.15, 0.2) is 71.4 Å². The summed E-state index contributed by atoms with van der Waals surface area (Å²) in [7, 11) is 0. The van der Waals surface area contributed by atoms with Gasteiger partial charge in [-0.1, -0.05) is 40.7 Å². The van der Waals surface area contributed by atoms with E-state index < -0.39 is 0 Å². The second-order valence-electron chi connectivity index (χ2n) is 4.35. The zero-order valence-corrected chi connectivity index (χ0v) is 14.3. The lowest BCUT2D eigenvalue weighted by Crippen LogP contribution is -2.03. The van der Waals surface area contributed by atoms with Crippen molar-refractivity contribution in [2.24, 2.45) is 0 Å². The topological polar surface area (TPSA) is 27.1 Å². The van der Waals surface area contributed by atoms with Crippen molar-refractivity contribution in [3.05, 3.63) is 71.4 Å². The van der Waals surface area contributed by atoms with Crippen molar-refractivity contribution >= 4 is 15.9 Å². The minimum absolute atomic E-state index is 0.670. The van der Waals surface area contributed by atoms with Gasteiger partial charge in [0.25, 0.3) is 0 Å². The molecule has 0 saturated heterocycles. The van der Waals surface area contributed by atoms with Gasteiger partial charge in [-0.25, -0.2) is 4.98 Å². The summed E-state index contributed by atoms with van der Waals surface area (Å²) >= 11 is 3.38. The quantitative estimate of drug-likeness (QED) is 0.503. The molecule has 1 aromatic heterocycles. The lowest BCUT2D eigenvalue weighted by Gasteiger charge is -2.10. The van der Waals surface area contributed by atoms with Crippen molar-refractivity contribution in [1.82, 2.24) is 9.55 Å². The van der Waals surface area contributed by atoms with E-state index in [4.69, 9.17) is 4.74 Å². The summed E-state index contributed by atoms with van der Waals surface area (Å²) in [6, 6.07) is 0. The van der Waals surface area contributed by atoms with Crippen LogP contribution in [-0.4, -0.2) is 9.55 Å². The molecule has 112 valence electrons. The molecular weight excluding hydrogens is 328 g/mol. The molecule has 0 fully saturated rings. The number of halogens is 1. The van der Waals surface area contributed by atoms with E-state index in [0.29, 0.717) is 18.2 Å². The highest BCUT2D eigenvalue weighted by molar-refractivity contribution is 9.11. The molecule has 0 N–H and O–H groups in total. The van der Waals surface area contributed by atoms with E-state index in [2.05, 4.69) is 39.6 Å². The predicted molar refractivity (Wildman–Crippen MR) is 92.4 cm³/mol. The monoisotopic (exact) mass is 348 g/mol. The molecule has 0 radical (unpaired) electrons. The molecule has 0 aromatic carbocycles. The van der Waals surface area contributed by atoms with Crippen molar-refractivity contribution in [2.45, 2.75) is 27.3 Å². The Morgan fingerprint density at radius 1 is 1.43 bits per heavy atom. The van der Waals surface area contributed by atoms with Crippen LogP contribution in [0.25, 0.3) is 0 Å². The molecular formula is C17H21BrN2O. The van der Waals surface area contributed by atoms with Gasteiger partial charge < -0.3 is 4.74 Å². The number of imidazole rings is 1. The highest BCUT2D eigenvalue weighted by atomic mass is 79.9. The first-order chi connectivity index (χ1) is 10.1. The average molecular weight is 349 g/mol. The van der Waals surface area contributed by atoms with Gasteiger partial charge in [-0.3, -0.25) is 4.57 Å². The molecule has 0 atom stereocenters. The molecule has 4 heteroatoms. The molecule has 3 nitrogen and oxygen atoms in total. The SMILES string of the molecule is C=C/C(=C\C=C(/C)Br)Oc1cncn1CC(/C=C\C)=C/C. The highest BCUT2D eigenvalue weighted by Crippen LogP contribution is 2.17. The van der Waals surface area contributed by atoms with Gasteiger partial charge in [0.05, 0.1) is 19.1 Å². The largest absolute Gasteiger partial charge is 0.439 e. The van der Waals surface area contributed by atoms with E-state index >= 15 is 0 Å². The van der Waals surface area contributed by atoms with Crippen molar-refractivity contribution in [2.75, 3.05) is 0 Å². The highest BCUT2D eigenvalue weighted by Gasteiger charge is 2.05. The Bertz CT molecular complexity index is 588. The van der Waals surface area contributed by atoms with Gasteiger partial charge in [-0.2, -0.15) is 0 Å². The van der Waals surface area contributed by atoms with Crippen LogP contribution in [-0.2, 0) is 6.54 Å². The van der Waals surface area contributed by atoms with Crippen LogP contribution in [0.4, 0.5) is 0 Å². The molecule has 0 aliphatic carbocycles. The van der Waals surface area contributed by atoms with Crippen LogP contribution in [0, 0.1) is 0 Å². The number of nitrogens with zero attached hydrogens (tertiary/aromatic N) is 2. The maximum atomic E-state index is 5.84. The van der Waals surface area contributed by atoms with Crippen molar-refractivity contribution in [3.8, 4) is 5.88 Å². The smallest absolute Gasteiger partial charge is 0.219 e. The normalized spacial score (nSPS) is 13.8. The molecule has 0 spiro atoms. The molecule has 0 aliphatic heterocycles. The van der Waals surface area contributed by atoms with Gasteiger partial charge in [0.15, 0.2) is 0 Å². The molecule has 1 heterocycles. The van der Waals surface area contributed by atoms with Crippen LogP contribution >= 0.6 is 15.9 Å². The first-order valence-corrected chi connectivity index (χ1v) is 7.52. The average Bonchev–Trinajstić information content (AvgIpc) is 2.89. The van der Waals surface area contributed by atoms with Gasteiger partial charge in [-0.05, 0) is 49.1 Å². The third kappa shape index (κ3) is 6.00. The van der Waals surface area contributed by atoms with E-state index in [1.54, 1.807) is 18.6 Å². The van der Waals surface area contributed by atoms with E-state index in [1.165, 1.54) is 5.57 Å². The summed E-state index contributed by atoms with van der Waals surface area (Å²) in [4.78, 5) is 4.15. The zero-order chi connectivity index (χ0) is 15.7. The van der Waals surface area contributed by atoms with Gasteiger partial charge in [0, 0.05) is 0 Å². The number of rotatable bonds is 7. The minimum atomic E-state index is 0.670. The van der Waals surface area contributed by atoms with Crippen LogP contribution in [0.2, 0.25) is 0 Å². The van der Waals surface area contributed by atoms with Crippen LogP contribution in [0.5, 0.6) is 5.88 Å². The Balaban J connectivity index is 2.91. The second kappa shape index (κ2) is 9.19. The summed E-state index contributed by atoms with van der Waals surface area (Å²) in [6.45, 7) is 10.5. The molecule has 21 heavy (non-hydrogen) atoms. The van der Waals surface area contributed by atoms with Gasteiger partial charge in [0.1, 0.15) is 5.76 Å². The zero-order valence-electron chi connectivity index (χ0n) is 12.7. The Morgan fingerprint density at radius 2 is 2.19 bits per heavy atom. The van der Waals surface area contributed by atoms with E-state index in [1.807, 2.05) is 43.6 Å². The van der Waals surface area contributed by atoms with E-state index in [0.717, 1.165) is 4.48 Å². The summed E-state index contributed by atoms with van der Waals surface area (Å²) in [6.07, 6.45) is 15.1. The Hall–Kier alpha value is -1.81. The lowest BCUT2D eigenvalue weighted by molar-refractivity contribution is 0.404. The fourth-order valence-electron chi connectivity index (χ4n) is 1.62. The number of hydrogen-bond acceptors (Lipinski definition) is 2. The van der Waals surface area contributed by atoms with Gasteiger partial charge in [0.2, 0.25) is 5.88 Å². The number of hydrogen-bond donors (Lipinski definition) is 0. The number of aromatic nitrogens is 2. The first kappa shape index (κ1) is 17.2. The molecule has 0 amide bonds. The van der Waals surface area contributed by atoms with Crippen molar-refractivity contribution in [3.63, 3.8) is 0 Å². The summed E-state index contributed by atoms with van der Waals surface area (Å²) in [5.74, 6) is 1.36. The maximum absolute atomic E-state index is 5.84. The second-order valence-corrected chi connectivity index (χ2v) is 5.60. The van der Waals surface area contributed by atoms with Crippen molar-refractivity contribution in [1.29, 1.82) is 0 Å². The van der Waals surface area contributed by atoms with Crippen molar-refractivity contribution < 1.29 is 4.74 Å². The van der Waals surface area contributed by atoms with Crippen LogP contribution < -0.4 is 4.74 Å². The van der Waals surface area contributed by atoms with Crippen LogP contribution in [0.1, 0.15) is 20.8 Å². The fraction of sp³-hybridized carbons (Fsp3) is 0.235. The number of ether oxygens (including phenoxy) is 1. The fourth-order valence-corrected chi connectivity index (χ4v) is 1.76. The minimum Gasteiger partial charge on any atom is -0.439 e. The van der Waals surface area contributed by atoms with E-state index in [-0.39, 0.29) is 0 Å². The predicted octanol–water partition coefficient (Wildman–Crippen LogP) is 5.15. The third-order valence-electron chi connectivity index (χ3n) is 2.68. The number of allylic oxidation sites excluding steroid dienone is 8. The summed E-state index contributed by atoms with van der Waals surface area (Å²) in [5, 5.41) is 0. The molecule has 0 saturated carbocycles. The third-order valence-corrected chi connectivity index (χ3v) is 2.94. The molecule has 0 aliphatic rings. The molecule has 1 aromatic rings. The molecule has 0 bridgehead atoms. The Labute approximate surface area is 135 Å². The summed E-state index contributed by atoms with van der Waals surface area (Å²) < 4.78 is 8.81. The first-order valence-electron chi connectivity index (χ1n) is 6.73.